The molecule has 108 valence electrons. The van der Waals surface area contributed by atoms with Gasteiger partial charge in [-0.2, -0.15) is 0 Å². The van der Waals surface area contributed by atoms with Gasteiger partial charge < -0.3 is 9.64 Å². The van der Waals surface area contributed by atoms with Crippen LogP contribution in [-0.4, -0.2) is 35.5 Å². The predicted octanol–water partition coefficient (Wildman–Crippen LogP) is 2.51. The number of rotatable bonds is 3. The van der Waals surface area contributed by atoms with E-state index in [1.165, 1.54) is 6.42 Å². The largest absolute Gasteiger partial charge is 0.461 e. The van der Waals surface area contributed by atoms with Crippen LogP contribution in [0.4, 0.5) is 0 Å². The highest BCUT2D eigenvalue weighted by Crippen LogP contribution is 2.25. The topological polar surface area (TPSA) is 46.6 Å². The van der Waals surface area contributed by atoms with Gasteiger partial charge in [0.25, 0.3) is 0 Å². The second-order valence-electron chi connectivity index (χ2n) is 6.04. The van der Waals surface area contributed by atoms with Gasteiger partial charge in [-0.05, 0) is 38.5 Å². The Morgan fingerprint density at radius 1 is 1.05 bits per heavy atom. The molecule has 2 rings (SSSR count). The van der Waals surface area contributed by atoms with Gasteiger partial charge in [-0.3, -0.25) is 4.79 Å². The third-order valence-corrected chi connectivity index (χ3v) is 4.14. The lowest BCUT2D eigenvalue weighted by Crippen LogP contribution is -2.44. The van der Waals surface area contributed by atoms with Crippen molar-refractivity contribution in [3.63, 3.8) is 0 Å². The van der Waals surface area contributed by atoms with Crippen LogP contribution < -0.4 is 0 Å². The quantitative estimate of drug-likeness (QED) is 0.738. The molecule has 1 saturated heterocycles. The SMILES string of the molecule is CC(C)C(=O)N1CCC[C@H]1C(=O)OC1CCCCC1. The van der Waals surface area contributed by atoms with Gasteiger partial charge in [0.15, 0.2) is 0 Å². The van der Waals surface area contributed by atoms with Crippen molar-refractivity contribution in [2.45, 2.75) is 70.9 Å². The van der Waals surface area contributed by atoms with E-state index in [2.05, 4.69) is 0 Å². The standard InChI is InChI=1S/C15H25NO3/c1-11(2)14(17)16-10-6-9-13(16)15(18)19-12-7-4-3-5-8-12/h11-13H,3-10H2,1-2H3/t13-/m0/s1. The Labute approximate surface area is 115 Å². The number of hydrogen-bond donors (Lipinski definition) is 0. The molecule has 0 N–H and O–H groups in total. The molecule has 0 radical (unpaired) electrons. The number of carbonyl (C=O) groups excluding carboxylic acids is 2. The first kappa shape index (κ1) is 14.4. The molecule has 0 spiro atoms. The molecule has 2 aliphatic rings. The summed E-state index contributed by atoms with van der Waals surface area (Å²) in [7, 11) is 0. The third kappa shape index (κ3) is 3.48. The van der Waals surface area contributed by atoms with Gasteiger partial charge in [-0.1, -0.05) is 20.3 Å². The molecule has 2 fully saturated rings. The van der Waals surface area contributed by atoms with Gasteiger partial charge in [-0.15, -0.1) is 0 Å². The van der Waals surface area contributed by atoms with Gasteiger partial charge in [0, 0.05) is 12.5 Å². The smallest absolute Gasteiger partial charge is 0.329 e. The lowest BCUT2D eigenvalue weighted by atomic mass is 9.98. The summed E-state index contributed by atoms with van der Waals surface area (Å²) in [5.74, 6) is -0.162. The van der Waals surface area contributed by atoms with Crippen molar-refractivity contribution in [3.05, 3.63) is 0 Å². The molecule has 1 atom stereocenters. The fourth-order valence-corrected chi connectivity index (χ4v) is 3.03. The number of carbonyl (C=O) groups is 2. The molecule has 4 nitrogen and oxygen atoms in total. The summed E-state index contributed by atoms with van der Waals surface area (Å²) in [6, 6.07) is -0.336. The molecule has 1 heterocycles. The molecule has 1 amide bonds. The van der Waals surface area contributed by atoms with Crippen molar-refractivity contribution in [2.75, 3.05) is 6.54 Å². The Kier molecular flexibility index (Phi) is 4.83. The lowest BCUT2D eigenvalue weighted by Gasteiger charge is -2.28. The van der Waals surface area contributed by atoms with Crippen molar-refractivity contribution in [1.29, 1.82) is 0 Å². The summed E-state index contributed by atoms with van der Waals surface area (Å²) in [6.45, 7) is 4.45. The zero-order valence-electron chi connectivity index (χ0n) is 12.1. The molecule has 1 aliphatic carbocycles. The zero-order valence-corrected chi connectivity index (χ0v) is 12.1. The van der Waals surface area contributed by atoms with Crippen LogP contribution in [0.15, 0.2) is 0 Å². The molecule has 4 heteroatoms. The monoisotopic (exact) mass is 267 g/mol. The van der Waals surface area contributed by atoms with Crippen molar-refractivity contribution in [2.24, 2.45) is 5.92 Å². The Balaban J connectivity index is 1.91. The summed E-state index contributed by atoms with van der Waals surface area (Å²) in [4.78, 5) is 26.0. The maximum absolute atomic E-state index is 12.2. The maximum atomic E-state index is 12.2. The summed E-state index contributed by atoms with van der Waals surface area (Å²) < 4.78 is 5.60. The highest BCUT2D eigenvalue weighted by atomic mass is 16.5. The molecule has 1 saturated carbocycles. The average Bonchev–Trinajstić information content (AvgIpc) is 2.88. The van der Waals surface area contributed by atoms with Crippen LogP contribution >= 0.6 is 0 Å². The van der Waals surface area contributed by atoms with Crippen LogP contribution in [-0.2, 0) is 14.3 Å². The average molecular weight is 267 g/mol. The number of likely N-dealkylation sites (tertiary alicyclic amines) is 1. The summed E-state index contributed by atoms with van der Waals surface area (Å²) in [6.07, 6.45) is 7.25. The van der Waals surface area contributed by atoms with Crippen molar-refractivity contribution >= 4 is 11.9 Å². The highest BCUT2D eigenvalue weighted by molar-refractivity contribution is 5.86. The molecular weight excluding hydrogens is 242 g/mol. The number of ether oxygens (including phenoxy) is 1. The van der Waals surface area contributed by atoms with Gasteiger partial charge in [0.2, 0.25) is 5.91 Å². The van der Waals surface area contributed by atoms with Gasteiger partial charge >= 0.3 is 5.97 Å². The maximum Gasteiger partial charge on any atom is 0.329 e. The van der Waals surface area contributed by atoms with E-state index in [1.54, 1.807) is 4.90 Å². The predicted molar refractivity (Wildman–Crippen MR) is 72.5 cm³/mol. The van der Waals surface area contributed by atoms with E-state index in [1.807, 2.05) is 13.8 Å². The second-order valence-corrected chi connectivity index (χ2v) is 6.04. The van der Waals surface area contributed by atoms with Crippen LogP contribution in [0.1, 0.15) is 58.8 Å². The van der Waals surface area contributed by atoms with Crippen molar-refractivity contribution < 1.29 is 14.3 Å². The van der Waals surface area contributed by atoms with E-state index in [9.17, 15) is 9.59 Å². The molecule has 0 unspecified atom stereocenters. The molecule has 19 heavy (non-hydrogen) atoms. The fourth-order valence-electron chi connectivity index (χ4n) is 3.03. The molecule has 0 aromatic heterocycles. The first-order valence-electron chi connectivity index (χ1n) is 7.60. The minimum Gasteiger partial charge on any atom is -0.461 e. The summed E-state index contributed by atoms with van der Waals surface area (Å²) in [5, 5.41) is 0. The minimum atomic E-state index is -0.336. The van der Waals surface area contributed by atoms with E-state index in [0.717, 1.165) is 38.5 Å². The van der Waals surface area contributed by atoms with Crippen LogP contribution in [0.25, 0.3) is 0 Å². The van der Waals surface area contributed by atoms with Gasteiger partial charge in [0.05, 0.1) is 0 Å². The van der Waals surface area contributed by atoms with Gasteiger partial charge in [0.1, 0.15) is 12.1 Å². The second kappa shape index (κ2) is 6.40. The lowest BCUT2D eigenvalue weighted by molar-refractivity contribution is -0.160. The minimum absolute atomic E-state index is 0.0527. The zero-order chi connectivity index (χ0) is 13.8. The summed E-state index contributed by atoms with van der Waals surface area (Å²) >= 11 is 0. The van der Waals surface area contributed by atoms with Crippen LogP contribution in [0.3, 0.4) is 0 Å². The van der Waals surface area contributed by atoms with E-state index in [0.29, 0.717) is 6.54 Å². The molecule has 0 bridgehead atoms. The van der Waals surface area contributed by atoms with E-state index >= 15 is 0 Å². The highest BCUT2D eigenvalue weighted by Gasteiger charge is 2.37. The Morgan fingerprint density at radius 3 is 2.37 bits per heavy atom. The number of nitrogens with zero attached hydrogens (tertiary/aromatic N) is 1. The number of amides is 1. The molecular formula is C15H25NO3. The molecule has 0 aromatic rings. The Morgan fingerprint density at radius 2 is 1.74 bits per heavy atom. The van der Waals surface area contributed by atoms with Crippen LogP contribution in [0.5, 0.6) is 0 Å². The van der Waals surface area contributed by atoms with E-state index in [-0.39, 0.29) is 29.9 Å². The van der Waals surface area contributed by atoms with E-state index in [4.69, 9.17) is 4.74 Å². The normalized spacial score (nSPS) is 24.8. The Hall–Kier alpha value is -1.06. The van der Waals surface area contributed by atoms with Gasteiger partial charge in [-0.25, -0.2) is 4.79 Å². The number of esters is 1. The molecule has 0 aromatic carbocycles. The summed E-state index contributed by atoms with van der Waals surface area (Å²) in [5.41, 5.74) is 0. The first-order chi connectivity index (χ1) is 9.09. The first-order valence-corrected chi connectivity index (χ1v) is 7.60. The third-order valence-electron chi connectivity index (χ3n) is 4.14. The van der Waals surface area contributed by atoms with Crippen molar-refractivity contribution in [1.82, 2.24) is 4.90 Å². The fraction of sp³-hybridized carbons (Fsp3) is 0.867. The number of hydrogen-bond acceptors (Lipinski definition) is 3. The van der Waals surface area contributed by atoms with E-state index < -0.39 is 0 Å². The van der Waals surface area contributed by atoms with Crippen LogP contribution in [0, 0.1) is 5.92 Å². The molecule has 1 aliphatic heterocycles. The van der Waals surface area contributed by atoms with Crippen LogP contribution in [0.2, 0.25) is 0 Å². The van der Waals surface area contributed by atoms with Crippen molar-refractivity contribution in [3.8, 4) is 0 Å². The Bertz CT molecular complexity index is 334.